The maximum absolute atomic E-state index is 12.8. The molecule has 0 radical (unpaired) electrons. The zero-order valence-corrected chi connectivity index (χ0v) is 16.5. The van der Waals surface area contributed by atoms with E-state index >= 15 is 0 Å². The van der Waals surface area contributed by atoms with Gasteiger partial charge in [-0.3, -0.25) is 9.69 Å². The molecule has 2 aromatic rings. The maximum Gasteiger partial charge on any atom is 0.416 e. The lowest BCUT2D eigenvalue weighted by Crippen LogP contribution is -2.49. The van der Waals surface area contributed by atoms with Crippen LogP contribution in [-0.4, -0.2) is 53.5 Å². The molecule has 6 nitrogen and oxygen atoms in total. The summed E-state index contributed by atoms with van der Waals surface area (Å²) in [4.78, 5) is 25.1. The number of carbonyl (C=O) groups excluding carboxylic acids is 1. The average molecular weight is 407 g/mol. The van der Waals surface area contributed by atoms with Crippen molar-refractivity contribution in [3.8, 4) is 0 Å². The van der Waals surface area contributed by atoms with Gasteiger partial charge in [0, 0.05) is 43.1 Å². The largest absolute Gasteiger partial charge is 0.416 e. The van der Waals surface area contributed by atoms with Crippen molar-refractivity contribution in [3.05, 3.63) is 47.4 Å². The number of aromatic nitrogens is 2. The second-order valence-electron chi connectivity index (χ2n) is 7.00. The number of alkyl halides is 3. The van der Waals surface area contributed by atoms with E-state index < -0.39 is 11.7 Å². The number of anilines is 2. The summed E-state index contributed by atoms with van der Waals surface area (Å²) in [6.45, 7) is 6.96. The van der Waals surface area contributed by atoms with Gasteiger partial charge in [0.05, 0.1) is 12.1 Å². The number of hydrogen-bond acceptors (Lipinski definition) is 5. The third-order valence-corrected chi connectivity index (χ3v) is 5.00. The van der Waals surface area contributed by atoms with Crippen molar-refractivity contribution in [1.82, 2.24) is 14.9 Å². The van der Waals surface area contributed by atoms with Crippen molar-refractivity contribution in [2.24, 2.45) is 0 Å². The second-order valence-corrected chi connectivity index (χ2v) is 7.00. The molecule has 29 heavy (non-hydrogen) atoms. The Labute approximate surface area is 167 Å². The first-order chi connectivity index (χ1) is 13.8. The predicted octanol–water partition coefficient (Wildman–Crippen LogP) is 3.13. The summed E-state index contributed by atoms with van der Waals surface area (Å²) in [6.07, 6.45) is -2.02. The van der Waals surface area contributed by atoms with E-state index in [-0.39, 0.29) is 18.1 Å². The molecule has 1 fully saturated rings. The van der Waals surface area contributed by atoms with Crippen LogP contribution < -0.4 is 10.2 Å². The Balaban J connectivity index is 1.55. The van der Waals surface area contributed by atoms with Gasteiger partial charge in [0.15, 0.2) is 0 Å². The normalized spacial score (nSPS) is 15.4. The maximum atomic E-state index is 12.8. The molecule has 3 rings (SSSR count). The molecule has 9 heteroatoms. The Morgan fingerprint density at radius 1 is 1.17 bits per heavy atom. The van der Waals surface area contributed by atoms with E-state index in [2.05, 4.69) is 27.1 Å². The third kappa shape index (κ3) is 5.23. The lowest BCUT2D eigenvalue weighted by molar-refractivity contribution is -0.137. The summed E-state index contributed by atoms with van der Waals surface area (Å²) in [6, 6.07) is 4.66. The van der Waals surface area contributed by atoms with E-state index in [0.717, 1.165) is 48.7 Å². The molecule has 1 N–H and O–H groups in total. The van der Waals surface area contributed by atoms with Crippen LogP contribution in [0.4, 0.5) is 24.7 Å². The van der Waals surface area contributed by atoms with Crippen LogP contribution in [0.15, 0.2) is 30.6 Å². The molecule has 2 heterocycles. The zero-order valence-electron chi connectivity index (χ0n) is 16.5. The molecule has 0 bridgehead atoms. The van der Waals surface area contributed by atoms with Gasteiger partial charge in [-0.15, -0.1) is 0 Å². The summed E-state index contributed by atoms with van der Waals surface area (Å²) in [5.41, 5.74) is 1.46. The number of hydrogen-bond donors (Lipinski definition) is 1. The van der Waals surface area contributed by atoms with Crippen LogP contribution in [0.2, 0.25) is 0 Å². The molecule has 1 aromatic carbocycles. The minimum atomic E-state index is -4.44. The summed E-state index contributed by atoms with van der Waals surface area (Å²) in [7, 11) is 0. The number of piperazine rings is 1. The first-order valence-corrected chi connectivity index (χ1v) is 9.53. The fraction of sp³-hybridized carbons (Fsp3) is 0.450. The lowest BCUT2D eigenvalue weighted by atomic mass is 10.1. The summed E-state index contributed by atoms with van der Waals surface area (Å²) < 4.78 is 38.4. The Morgan fingerprint density at radius 3 is 2.55 bits per heavy atom. The highest BCUT2D eigenvalue weighted by Crippen LogP contribution is 2.30. The number of halogens is 3. The van der Waals surface area contributed by atoms with E-state index in [4.69, 9.17) is 0 Å². The van der Waals surface area contributed by atoms with Gasteiger partial charge in [-0.1, -0.05) is 13.0 Å². The van der Waals surface area contributed by atoms with Gasteiger partial charge >= 0.3 is 6.18 Å². The summed E-state index contributed by atoms with van der Waals surface area (Å²) >= 11 is 0. The van der Waals surface area contributed by atoms with E-state index in [1.807, 2.05) is 11.8 Å². The Morgan fingerprint density at radius 2 is 1.90 bits per heavy atom. The first-order valence-electron chi connectivity index (χ1n) is 9.53. The van der Waals surface area contributed by atoms with Gasteiger partial charge in [-0.2, -0.15) is 13.2 Å². The monoisotopic (exact) mass is 407 g/mol. The number of carbonyl (C=O) groups is 1. The molecule has 1 aromatic heterocycles. The van der Waals surface area contributed by atoms with Gasteiger partial charge in [-0.05, 0) is 31.5 Å². The number of nitrogens with one attached hydrogen (secondary N) is 1. The molecule has 0 saturated carbocycles. The Kier molecular flexibility index (Phi) is 6.36. The van der Waals surface area contributed by atoms with Crippen molar-refractivity contribution in [1.29, 1.82) is 0 Å². The van der Waals surface area contributed by atoms with Crippen molar-refractivity contribution in [3.63, 3.8) is 0 Å². The topological polar surface area (TPSA) is 61.4 Å². The number of nitrogens with zero attached hydrogens (tertiary/aromatic N) is 4. The lowest BCUT2D eigenvalue weighted by Gasteiger charge is -2.35. The highest BCUT2D eigenvalue weighted by Gasteiger charge is 2.30. The molecule has 1 aliphatic heterocycles. The molecule has 0 atom stereocenters. The fourth-order valence-corrected chi connectivity index (χ4v) is 3.47. The van der Waals surface area contributed by atoms with Gasteiger partial charge in [0.2, 0.25) is 5.91 Å². The fourth-order valence-electron chi connectivity index (χ4n) is 3.47. The zero-order chi connectivity index (χ0) is 21.0. The smallest absolute Gasteiger partial charge is 0.354 e. The van der Waals surface area contributed by atoms with Crippen LogP contribution >= 0.6 is 0 Å². The van der Waals surface area contributed by atoms with Crippen LogP contribution in [-0.2, 0) is 17.4 Å². The number of benzene rings is 1. The van der Waals surface area contributed by atoms with Crippen molar-refractivity contribution >= 4 is 17.4 Å². The van der Waals surface area contributed by atoms with Crippen LogP contribution in [0.25, 0.3) is 0 Å². The molecule has 0 unspecified atom stereocenters. The van der Waals surface area contributed by atoms with Crippen molar-refractivity contribution in [2.75, 3.05) is 42.9 Å². The molecular weight excluding hydrogens is 383 g/mol. The standard InChI is InChI=1S/C20H24F3N5O/c1-3-17-14(2)24-13-25-19(17)28-9-7-27(8-10-28)12-18(29)26-16-6-4-5-15(11-16)20(21,22)23/h4-6,11,13H,3,7-10,12H2,1-2H3,(H,26,29). The summed E-state index contributed by atoms with van der Waals surface area (Å²) in [5.74, 6) is 0.609. The van der Waals surface area contributed by atoms with Crippen LogP contribution in [0, 0.1) is 6.92 Å². The number of amides is 1. The molecular formula is C20H24F3N5O. The first kappa shape index (κ1) is 21.0. The predicted molar refractivity (Wildman–Crippen MR) is 105 cm³/mol. The quantitative estimate of drug-likeness (QED) is 0.825. The molecule has 1 saturated heterocycles. The van der Waals surface area contributed by atoms with E-state index in [9.17, 15) is 18.0 Å². The minimum Gasteiger partial charge on any atom is -0.354 e. The van der Waals surface area contributed by atoms with Crippen molar-refractivity contribution in [2.45, 2.75) is 26.4 Å². The van der Waals surface area contributed by atoms with Gasteiger partial charge in [-0.25, -0.2) is 9.97 Å². The van der Waals surface area contributed by atoms with Crippen LogP contribution in [0.5, 0.6) is 0 Å². The van der Waals surface area contributed by atoms with Gasteiger partial charge in [0.1, 0.15) is 12.1 Å². The SMILES string of the molecule is CCc1c(C)ncnc1N1CCN(CC(=O)Nc2cccc(C(F)(F)F)c2)CC1. The highest BCUT2D eigenvalue weighted by molar-refractivity contribution is 5.92. The number of rotatable bonds is 5. The average Bonchev–Trinajstić information content (AvgIpc) is 2.68. The van der Waals surface area contributed by atoms with Crippen LogP contribution in [0.3, 0.4) is 0 Å². The van der Waals surface area contributed by atoms with Gasteiger partial charge in [0.25, 0.3) is 0 Å². The summed E-state index contributed by atoms with van der Waals surface area (Å²) in [5, 5.41) is 2.56. The Hall–Kier alpha value is -2.68. The van der Waals surface area contributed by atoms with E-state index in [0.29, 0.717) is 13.1 Å². The third-order valence-electron chi connectivity index (χ3n) is 5.00. The van der Waals surface area contributed by atoms with Gasteiger partial charge < -0.3 is 10.2 Å². The molecule has 1 amide bonds. The van der Waals surface area contributed by atoms with Crippen LogP contribution in [0.1, 0.15) is 23.7 Å². The molecule has 0 aliphatic carbocycles. The van der Waals surface area contributed by atoms with Crippen molar-refractivity contribution < 1.29 is 18.0 Å². The Bertz CT molecular complexity index is 863. The minimum absolute atomic E-state index is 0.132. The molecule has 0 spiro atoms. The highest BCUT2D eigenvalue weighted by atomic mass is 19.4. The van der Waals surface area contributed by atoms with E-state index in [1.165, 1.54) is 12.1 Å². The number of aryl methyl sites for hydroxylation is 1. The second kappa shape index (κ2) is 8.77. The molecule has 1 aliphatic rings. The van der Waals surface area contributed by atoms with E-state index in [1.54, 1.807) is 6.33 Å². The molecule has 156 valence electrons.